The van der Waals surface area contributed by atoms with Crippen molar-refractivity contribution < 1.29 is 9.53 Å². The Kier molecular flexibility index (Phi) is 3.27. The molecule has 6 heteroatoms. The molecule has 3 aromatic heterocycles. The van der Waals surface area contributed by atoms with E-state index in [4.69, 9.17) is 4.74 Å². The SMILES string of the molecule is Cc1ccc2nc(COC(=O)c3ccc[nH]3)cc(=O)n2c1. The number of nitrogens with zero attached hydrogens (tertiary/aromatic N) is 2. The first-order chi connectivity index (χ1) is 10.1. The maximum atomic E-state index is 12.0. The first kappa shape index (κ1) is 13.1. The first-order valence-electron chi connectivity index (χ1n) is 6.43. The maximum absolute atomic E-state index is 12.0. The van der Waals surface area contributed by atoms with Gasteiger partial charge in [0.2, 0.25) is 0 Å². The number of H-pyrrole nitrogens is 1. The van der Waals surface area contributed by atoms with Crippen molar-refractivity contribution in [2.45, 2.75) is 13.5 Å². The maximum Gasteiger partial charge on any atom is 0.355 e. The number of aromatic nitrogens is 3. The van der Waals surface area contributed by atoms with Gasteiger partial charge in [-0.3, -0.25) is 9.20 Å². The van der Waals surface area contributed by atoms with E-state index < -0.39 is 5.97 Å². The van der Waals surface area contributed by atoms with E-state index in [1.54, 1.807) is 30.6 Å². The molecule has 0 bridgehead atoms. The molecule has 0 amide bonds. The summed E-state index contributed by atoms with van der Waals surface area (Å²) in [5.41, 5.74) is 2.08. The number of aryl methyl sites for hydroxylation is 1. The third kappa shape index (κ3) is 2.69. The fourth-order valence-electron chi connectivity index (χ4n) is 2.01. The number of esters is 1. The van der Waals surface area contributed by atoms with Gasteiger partial charge in [-0.15, -0.1) is 0 Å². The smallest absolute Gasteiger partial charge is 0.355 e. The van der Waals surface area contributed by atoms with Crippen molar-refractivity contribution in [1.29, 1.82) is 0 Å². The van der Waals surface area contributed by atoms with E-state index in [9.17, 15) is 9.59 Å². The number of carbonyl (C=O) groups excluding carboxylic acids is 1. The van der Waals surface area contributed by atoms with Crippen LogP contribution in [0.3, 0.4) is 0 Å². The van der Waals surface area contributed by atoms with Crippen LogP contribution >= 0.6 is 0 Å². The normalized spacial score (nSPS) is 10.7. The van der Waals surface area contributed by atoms with Crippen LogP contribution in [0.4, 0.5) is 0 Å². The molecule has 0 aliphatic heterocycles. The van der Waals surface area contributed by atoms with Gasteiger partial charge in [0.05, 0.1) is 5.69 Å². The minimum absolute atomic E-state index is 0.0442. The topological polar surface area (TPSA) is 76.5 Å². The molecular formula is C15H13N3O3. The minimum atomic E-state index is -0.481. The van der Waals surface area contributed by atoms with Crippen molar-refractivity contribution in [3.63, 3.8) is 0 Å². The van der Waals surface area contributed by atoms with Gasteiger partial charge in [-0.25, -0.2) is 9.78 Å². The van der Waals surface area contributed by atoms with Gasteiger partial charge in [-0.1, -0.05) is 6.07 Å². The lowest BCUT2D eigenvalue weighted by molar-refractivity contribution is 0.0461. The summed E-state index contributed by atoms with van der Waals surface area (Å²) in [4.78, 5) is 30.8. The molecule has 0 saturated heterocycles. The second kappa shape index (κ2) is 5.24. The van der Waals surface area contributed by atoms with Gasteiger partial charge in [0.1, 0.15) is 17.9 Å². The van der Waals surface area contributed by atoms with E-state index in [0.717, 1.165) is 5.56 Å². The Bertz CT molecular complexity index is 850. The first-order valence-corrected chi connectivity index (χ1v) is 6.43. The Labute approximate surface area is 120 Å². The van der Waals surface area contributed by atoms with Gasteiger partial charge >= 0.3 is 5.97 Å². The number of hydrogen-bond acceptors (Lipinski definition) is 4. The molecule has 6 nitrogen and oxygen atoms in total. The number of aromatic amines is 1. The molecule has 3 aromatic rings. The van der Waals surface area contributed by atoms with Gasteiger partial charge in [0, 0.05) is 18.5 Å². The number of pyridine rings is 1. The Morgan fingerprint density at radius 1 is 1.38 bits per heavy atom. The molecule has 0 aliphatic carbocycles. The zero-order valence-electron chi connectivity index (χ0n) is 11.4. The van der Waals surface area contributed by atoms with Crippen LogP contribution < -0.4 is 5.56 Å². The van der Waals surface area contributed by atoms with Crippen molar-refractivity contribution in [2.24, 2.45) is 0 Å². The largest absolute Gasteiger partial charge is 0.455 e. The summed E-state index contributed by atoms with van der Waals surface area (Å²) in [5.74, 6) is -0.481. The highest BCUT2D eigenvalue weighted by atomic mass is 16.5. The molecule has 0 unspecified atom stereocenters. The van der Waals surface area contributed by atoms with Crippen molar-refractivity contribution in [3.8, 4) is 0 Å². The van der Waals surface area contributed by atoms with Crippen molar-refractivity contribution in [1.82, 2.24) is 14.4 Å². The van der Waals surface area contributed by atoms with Gasteiger partial charge < -0.3 is 9.72 Å². The molecule has 3 rings (SSSR count). The van der Waals surface area contributed by atoms with E-state index >= 15 is 0 Å². The Morgan fingerprint density at radius 3 is 3.00 bits per heavy atom. The number of ether oxygens (including phenoxy) is 1. The third-order valence-corrected chi connectivity index (χ3v) is 3.03. The summed E-state index contributed by atoms with van der Waals surface area (Å²) >= 11 is 0. The molecule has 106 valence electrons. The van der Waals surface area contributed by atoms with E-state index in [1.807, 2.05) is 13.0 Å². The lowest BCUT2D eigenvalue weighted by atomic mass is 10.3. The lowest BCUT2D eigenvalue weighted by Gasteiger charge is -2.06. The summed E-state index contributed by atoms with van der Waals surface area (Å²) in [5, 5.41) is 0. The third-order valence-electron chi connectivity index (χ3n) is 3.03. The van der Waals surface area contributed by atoms with Crippen LogP contribution in [-0.2, 0) is 11.3 Å². The Balaban J connectivity index is 1.83. The Hall–Kier alpha value is -2.89. The molecule has 0 saturated carbocycles. The molecule has 21 heavy (non-hydrogen) atoms. The summed E-state index contributed by atoms with van der Waals surface area (Å²) in [7, 11) is 0. The van der Waals surface area contributed by atoms with E-state index in [-0.39, 0.29) is 12.2 Å². The molecule has 0 aromatic carbocycles. The van der Waals surface area contributed by atoms with Crippen LogP contribution in [0.1, 0.15) is 21.7 Å². The fraction of sp³-hybridized carbons (Fsp3) is 0.133. The second-order valence-electron chi connectivity index (χ2n) is 4.68. The molecule has 3 heterocycles. The average Bonchev–Trinajstić information content (AvgIpc) is 3.00. The van der Waals surface area contributed by atoms with Crippen LogP contribution in [-0.4, -0.2) is 20.3 Å². The highest BCUT2D eigenvalue weighted by molar-refractivity contribution is 5.87. The van der Waals surface area contributed by atoms with Crippen LogP contribution in [0, 0.1) is 6.92 Å². The molecule has 0 radical (unpaired) electrons. The summed E-state index contributed by atoms with van der Waals surface area (Å²) in [6, 6.07) is 8.32. The zero-order valence-corrected chi connectivity index (χ0v) is 11.4. The quantitative estimate of drug-likeness (QED) is 0.742. The molecular weight excluding hydrogens is 270 g/mol. The molecule has 0 atom stereocenters. The van der Waals surface area contributed by atoms with E-state index in [1.165, 1.54) is 10.5 Å². The van der Waals surface area contributed by atoms with Crippen molar-refractivity contribution in [3.05, 3.63) is 70.0 Å². The number of rotatable bonds is 3. The summed E-state index contributed by atoms with van der Waals surface area (Å²) in [6.45, 7) is 1.86. The van der Waals surface area contributed by atoms with E-state index in [0.29, 0.717) is 17.0 Å². The average molecular weight is 283 g/mol. The standard InChI is InChI=1S/C15H13N3O3/c1-10-4-5-13-17-11(7-14(19)18(13)8-10)9-21-15(20)12-3-2-6-16-12/h2-8,16H,9H2,1H3. The second-order valence-corrected chi connectivity index (χ2v) is 4.68. The number of hydrogen-bond donors (Lipinski definition) is 1. The van der Waals surface area contributed by atoms with Crippen molar-refractivity contribution in [2.75, 3.05) is 0 Å². The monoisotopic (exact) mass is 283 g/mol. The van der Waals surface area contributed by atoms with Gasteiger partial charge in [0.15, 0.2) is 0 Å². The zero-order chi connectivity index (χ0) is 14.8. The fourth-order valence-corrected chi connectivity index (χ4v) is 2.01. The van der Waals surface area contributed by atoms with Crippen LogP contribution in [0.15, 0.2) is 47.5 Å². The number of fused-ring (bicyclic) bond motifs is 1. The lowest BCUT2D eigenvalue weighted by Crippen LogP contribution is -2.17. The number of carbonyl (C=O) groups is 1. The van der Waals surface area contributed by atoms with Crippen molar-refractivity contribution >= 4 is 11.6 Å². The van der Waals surface area contributed by atoms with Crippen LogP contribution in [0.5, 0.6) is 0 Å². The highest BCUT2D eigenvalue weighted by Crippen LogP contribution is 2.05. The summed E-state index contributed by atoms with van der Waals surface area (Å²) in [6.07, 6.45) is 3.36. The Morgan fingerprint density at radius 2 is 2.24 bits per heavy atom. The van der Waals surface area contributed by atoms with Gasteiger partial charge in [-0.2, -0.15) is 0 Å². The predicted molar refractivity (Wildman–Crippen MR) is 76.1 cm³/mol. The van der Waals surface area contributed by atoms with Gasteiger partial charge in [0.25, 0.3) is 5.56 Å². The predicted octanol–water partition coefficient (Wildman–Crippen LogP) is 1.69. The molecule has 0 spiro atoms. The molecule has 1 N–H and O–H groups in total. The highest BCUT2D eigenvalue weighted by Gasteiger charge is 2.09. The van der Waals surface area contributed by atoms with E-state index in [2.05, 4.69) is 9.97 Å². The van der Waals surface area contributed by atoms with Crippen LogP contribution in [0.25, 0.3) is 5.65 Å². The molecule has 0 aliphatic rings. The number of nitrogens with one attached hydrogen (secondary N) is 1. The van der Waals surface area contributed by atoms with Crippen LogP contribution in [0.2, 0.25) is 0 Å². The van der Waals surface area contributed by atoms with Gasteiger partial charge in [-0.05, 0) is 30.7 Å². The molecule has 0 fully saturated rings. The summed E-state index contributed by atoms with van der Waals surface area (Å²) < 4.78 is 6.58. The minimum Gasteiger partial charge on any atom is -0.455 e.